The molecular formula is C17H14N3O+. The second kappa shape index (κ2) is 4.59. The Morgan fingerprint density at radius 2 is 2.05 bits per heavy atom. The number of hydrogen-bond acceptors (Lipinski definition) is 3. The van der Waals surface area contributed by atoms with Crippen molar-refractivity contribution in [1.29, 1.82) is 0 Å². The zero-order valence-corrected chi connectivity index (χ0v) is 11.6. The topological polar surface area (TPSA) is 38.0 Å². The van der Waals surface area contributed by atoms with Crippen molar-refractivity contribution in [1.82, 2.24) is 4.98 Å². The maximum absolute atomic E-state index is 5.85. The molecule has 0 aliphatic carbocycles. The second-order valence-electron chi connectivity index (χ2n) is 4.98. The summed E-state index contributed by atoms with van der Waals surface area (Å²) in [6.45, 7) is 0. The third kappa shape index (κ3) is 2.01. The van der Waals surface area contributed by atoms with Gasteiger partial charge in [-0.1, -0.05) is 18.2 Å². The Morgan fingerprint density at radius 3 is 2.95 bits per heavy atom. The van der Waals surface area contributed by atoms with E-state index >= 15 is 0 Å². The quantitative estimate of drug-likeness (QED) is 0.695. The summed E-state index contributed by atoms with van der Waals surface area (Å²) < 4.78 is 7.85. The largest absolute Gasteiger partial charge is 0.414 e. The van der Waals surface area contributed by atoms with Gasteiger partial charge in [-0.05, 0) is 29.8 Å². The van der Waals surface area contributed by atoms with Crippen molar-refractivity contribution in [2.75, 3.05) is 5.32 Å². The van der Waals surface area contributed by atoms with Gasteiger partial charge in [0.15, 0.2) is 0 Å². The molecule has 0 radical (unpaired) electrons. The van der Waals surface area contributed by atoms with Gasteiger partial charge in [0.1, 0.15) is 0 Å². The maximum atomic E-state index is 5.85. The zero-order valence-electron chi connectivity index (χ0n) is 11.6. The van der Waals surface area contributed by atoms with E-state index in [4.69, 9.17) is 4.74 Å². The van der Waals surface area contributed by atoms with Crippen LogP contribution in [0, 0.1) is 0 Å². The monoisotopic (exact) mass is 276 g/mol. The number of hydrogen-bond donors (Lipinski definition) is 1. The van der Waals surface area contributed by atoms with Crippen LogP contribution in [0.5, 0.6) is 5.75 Å². The van der Waals surface area contributed by atoms with E-state index in [9.17, 15) is 0 Å². The van der Waals surface area contributed by atoms with Crippen LogP contribution in [0.1, 0.15) is 5.56 Å². The fourth-order valence-electron chi connectivity index (χ4n) is 2.53. The molecule has 2 aromatic heterocycles. The molecule has 1 aliphatic heterocycles. The molecule has 3 heterocycles. The Bertz CT molecular complexity index is 866. The average molecular weight is 276 g/mol. The zero-order chi connectivity index (χ0) is 14.2. The molecule has 0 atom stereocenters. The molecule has 0 saturated heterocycles. The van der Waals surface area contributed by atoms with Crippen LogP contribution >= 0.6 is 0 Å². The molecule has 1 aliphatic rings. The lowest BCUT2D eigenvalue weighted by Gasteiger charge is -2.01. The van der Waals surface area contributed by atoms with E-state index in [1.54, 1.807) is 0 Å². The van der Waals surface area contributed by atoms with Crippen molar-refractivity contribution >= 4 is 22.8 Å². The van der Waals surface area contributed by atoms with Crippen molar-refractivity contribution < 1.29 is 9.30 Å². The number of fused-ring (bicyclic) bond motifs is 2. The van der Waals surface area contributed by atoms with Gasteiger partial charge in [0.05, 0.1) is 18.8 Å². The van der Waals surface area contributed by atoms with E-state index < -0.39 is 0 Å². The Labute approximate surface area is 122 Å². The lowest BCUT2D eigenvalue weighted by atomic mass is 10.1. The third-order valence-corrected chi connectivity index (χ3v) is 3.57. The van der Waals surface area contributed by atoms with E-state index in [2.05, 4.69) is 16.4 Å². The molecule has 0 unspecified atom stereocenters. The first kappa shape index (κ1) is 11.9. The van der Waals surface area contributed by atoms with Gasteiger partial charge in [-0.25, -0.2) is 9.88 Å². The fraction of sp³-hybridized carbons (Fsp3) is 0.0588. The van der Waals surface area contributed by atoms with Gasteiger partial charge < -0.3 is 4.74 Å². The molecule has 21 heavy (non-hydrogen) atoms. The summed E-state index contributed by atoms with van der Waals surface area (Å²) in [4.78, 5) is 4.38. The Balaban J connectivity index is 1.78. The number of rotatable bonds is 1. The molecule has 3 aromatic rings. The molecule has 0 saturated carbocycles. The Hall–Kier alpha value is -2.88. The highest BCUT2D eigenvalue weighted by Crippen LogP contribution is 2.30. The van der Waals surface area contributed by atoms with Crippen molar-refractivity contribution in [2.45, 2.75) is 0 Å². The molecule has 102 valence electrons. The number of nitrogens with zero attached hydrogens (tertiary/aromatic N) is 2. The van der Waals surface area contributed by atoms with E-state index in [0.717, 1.165) is 33.9 Å². The number of aromatic nitrogens is 2. The van der Waals surface area contributed by atoms with Crippen LogP contribution in [-0.4, -0.2) is 4.98 Å². The summed E-state index contributed by atoms with van der Waals surface area (Å²) in [6, 6.07) is 14.0. The van der Waals surface area contributed by atoms with Crippen LogP contribution in [0.3, 0.4) is 0 Å². The predicted octanol–water partition coefficient (Wildman–Crippen LogP) is 2.86. The minimum absolute atomic E-state index is 0.725. The lowest BCUT2D eigenvalue weighted by molar-refractivity contribution is -0.656. The van der Waals surface area contributed by atoms with Gasteiger partial charge in [-0.3, -0.25) is 4.98 Å². The summed E-state index contributed by atoms with van der Waals surface area (Å²) >= 11 is 0. The first-order chi connectivity index (χ1) is 10.3. The average Bonchev–Trinajstić information content (AvgIpc) is 2.92. The maximum Gasteiger partial charge on any atom is 0.325 e. The number of pyridine rings is 2. The summed E-state index contributed by atoms with van der Waals surface area (Å²) in [5, 5.41) is 4.41. The number of ether oxygens (including phenoxy) is 1. The smallest absolute Gasteiger partial charge is 0.325 e. The molecular weight excluding hydrogens is 262 g/mol. The number of para-hydroxylation sites is 1. The van der Waals surface area contributed by atoms with Crippen LogP contribution in [0.4, 0.5) is 5.82 Å². The molecule has 4 nitrogen and oxygen atoms in total. The van der Waals surface area contributed by atoms with Gasteiger partial charge >= 0.3 is 5.82 Å². The van der Waals surface area contributed by atoms with Crippen molar-refractivity contribution in [3.8, 4) is 5.75 Å². The third-order valence-electron chi connectivity index (χ3n) is 3.57. The molecule has 4 heteroatoms. The van der Waals surface area contributed by atoms with E-state index in [-0.39, 0.29) is 0 Å². The normalized spacial score (nSPS) is 14.8. The number of aryl methyl sites for hydroxylation is 1. The molecule has 0 amide bonds. The molecule has 4 rings (SSSR count). The highest BCUT2D eigenvalue weighted by molar-refractivity contribution is 5.88. The van der Waals surface area contributed by atoms with Crippen molar-refractivity contribution in [3.63, 3.8) is 0 Å². The summed E-state index contributed by atoms with van der Waals surface area (Å²) in [5.74, 6) is 2.52. The number of anilines is 1. The van der Waals surface area contributed by atoms with Gasteiger partial charge in [-0.15, -0.1) is 0 Å². The highest BCUT2D eigenvalue weighted by Gasteiger charge is 2.26. The minimum atomic E-state index is 0.725. The SMILES string of the molecule is C[n+]1cccc2c1NC(=Cc1ccnc3ccccc13)O2. The number of benzene rings is 1. The van der Waals surface area contributed by atoms with Crippen molar-refractivity contribution in [3.05, 3.63) is 66.3 Å². The fourth-order valence-corrected chi connectivity index (χ4v) is 2.53. The first-order valence-electron chi connectivity index (χ1n) is 6.80. The summed E-state index contributed by atoms with van der Waals surface area (Å²) in [6.07, 6.45) is 5.81. The molecule has 0 spiro atoms. The van der Waals surface area contributed by atoms with E-state index in [1.807, 2.05) is 66.5 Å². The minimum Gasteiger partial charge on any atom is -0.414 e. The first-order valence-corrected chi connectivity index (χ1v) is 6.80. The van der Waals surface area contributed by atoms with Crippen LogP contribution < -0.4 is 14.6 Å². The predicted molar refractivity (Wildman–Crippen MR) is 81.6 cm³/mol. The number of nitrogens with one attached hydrogen (secondary N) is 1. The summed E-state index contributed by atoms with van der Waals surface area (Å²) in [7, 11) is 1.99. The highest BCUT2D eigenvalue weighted by atomic mass is 16.5. The van der Waals surface area contributed by atoms with E-state index in [0.29, 0.717) is 0 Å². The van der Waals surface area contributed by atoms with Crippen LogP contribution in [0.15, 0.2) is 60.7 Å². The van der Waals surface area contributed by atoms with Crippen LogP contribution in [0.25, 0.3) is 17.0 Å². The van der Waals surface area contributed by atoms with Crippen LogP contribution in [0.2, 0.25) is 0 Å². The molecule has 1 N–H and O–H groups in total. The summed E-state index contributed by atoms with van der Waals surface area (Å²) in [5.41, 5.74) is 2.06. The molecule has 0 bridgehead atoms. The second-order valence-corrected chi connectivity index (χ2v) is 4.98. The van der Waals surface area contributed by atoms with Gasteiger partial charge in [0.2, 0.25) is 5.75 Å². The van der Waals surface area contributed by atoms with Gasteiger partial charge in [0.25, 0.3) is 5.88 Å². The van der Waals surface area contributed by atoms with Gasteiger partial charge in [0, 0.05) is 17.7 Å². The Kier molecular flexibility index (Phi) is 2.60. The Morgan fingerprint density at radius 1 is 1.14 bits per heavy atom. The van der Waals surface area contributed by atoms with Crippen molar-refractivity contribution in [2.24, 2.45) is 7.05 Å². The molecule has 1 aromatic carbocycles. The molecule has 0 fully saturated rings. The standard InChI is InChI=1S/C17H13N3O/c1-20-10-4-7-15-17(20)19-16(21-15)11-12-8-9-18-14-6-3-2-5-13(12)14/h2-11H,1H3/p+1. The van der Waals surface area contributed by atoms with Crippen LogP contribution in [-0.2, 0) is 7.05 Å². The van der Waals surface area contributed by atoms with Gasteiger partial charge in [-0.2, -0.15) is 0 Å². The van der Waals surface area contributed by atoms with E-state index in [1.165, 1.54) is 0 Å². The lowest BCUT2D eigenvalue weighted by Crippen LogP contribution is -2.29.